The number of aryl methyl sites for hydroxylation is 3. The number of esters is 1. The Balaban J connectivity index is 1.55. The number of hydrogen-bond donors (Lipinski definition) is 1. The average Bonchev–Trinajstić information content (AvgIpc) is 3.05. The Labute approximate surface area is 174 Å². The summed E-state index contributed by atoms with van der Waals surface area (Å²) in [5.74, 6) is -1.73. The van der Waals surface area contributed by atoms with Crippen molar-refractivity contribution in [2.75, 3.05) is 23.4 Å². The van der Waals surface area contributed by atoms with E-state index in [0.29, 0.717) is 10.7 Å². The summed E-state index contributed by atoms with van der Waals surface area (Å²) in [6.07, 6.45) is 0.0548. The van der Waals surface area contributed by atoms with Crippen molar-refractivity contribution in [3.63, 3.8) is 0 Å². The van der Waals surface area contributed by atoms with Crippen molar-refractivity contribution >= 4 is 40.8 Å². The summed E-state index contributed by atoms with van der Waals surface area (Å²) in [6, 6.07) is 10.8. The smallest absolute Gasteiger partial charge is 0.311 e. The molecule has 0 unspecified atom stereocenters. The molecule has 29 heavy (non-hydrogen) atoms. The summed E-state index contributed by atoms with van der Waals surface area (Å²) in [4.78, 5) is 38.4. The first-order valence-corrected chi connectivity index (χ1v) is 9.72. The first kappa shape index (κ1) is 20.9. The van der Waals surface area contributed by atoms with Gasteiger partial charge in [0.05, 0.1) is 5.92 Å². The van der Waals surface area contributed by atoms with Gasteiger partial charge in [0.15, 0.2) is 6.61 Å². The highest BCUT2D eigenvalue weighted by molar-refractivity contribution is 6.30. The van der Waals surface area contributed by atoms with Crippen molar-refractivity contribution in [3.05, 3.63) is 58.1 Å². The van der Waals surface area contributed by atoms with Crippen LogP contribution in [0.4, 0.5) is 11.4 Å². The van der Waals surface area contributed by atoms with Crippen LogP contribution in [-0.4, -0.2) is 30.9 Å². The zero-order valence-electron chi connectivity index (χ0n) is 16.6. The fourth-order valence-corrected chi connectivity index (χ4v) is 3.67. The number of rotatable bonds is 5. The molecule has 3 rings (SSSR count). The van der Waals surface area contributed by atoms with Crippen LogP contribution in [-0.2, 0) is 19.1 Å². The van der Waals surface area contributed by atoms with Gasteiger partial charge in [0, 0.05) is 29.4 Å². The molecular formula is C22H23ClN2O4. The molecule has 1 aliphatic rings. The van der Waals surface area contributed by atoms with E-state index >= 15 is 0 Å². The van der Waals surface area contributed by atoms with E-state index in [0.717, 1.165) is 22.4 Å². The van der Waals surface area contributed by atoms with Gasteiger partial charge in [-0.2, -0.15) is 0 Å². The molecule has 152 valence electrons. The summed E-state index contributed by atoms with van der Waals surface area (Å²) in [5, 5.41) is 3.37. The van der Waals surface area contributed by atoms with Crippen LogP contribution in [0.25, 0.3) is 0 Å². The third kappa shape index (κ3) is 4.95. The highest BCUT2D eigenvalue weighted by atomic mass is 35.5. The van der Waals surface area contributed by atoms with Crippen LogP contribution in [0.3, 0.4) is 0 Å². The van der Waals surface area contributed by atoms with Crippen molar-refractivity contribution in [2.24, 2.45) is 5.92 Å². The lowest BCUT2D eigenvalue weighted by Crippen LogP contribution is -2.28. The van der Waals surface area contributed by atoms with Crippen molar-refractivity contribution < 1.29 is 19.1 Å². The fraction of sp³-hybridized carbons (Fsp3) is 0.318. The van der Waals surface area contributed by atoms with Crippen molar-refractivity contribution in [2.45, 2.75) is 27.2 Å². The number of carbonyl (C=O) groups is 3. The summed E-state index contributed by atoms with van der Waals surface area (Å²) >= 11 is 5.87. The maximum atomic E-state index is 12.4. The lowest BCUT2D eigenvalue weighted by molar-refractivity contribution is -0.151. The SMILES string of the molecule is Cc1cc(C)c(NC(=O)COC(=O)[C@H]2CC(=O)N(c3ccc(Cl)cc3)C2)c(C)c1. The van der Waals surface area contributed by atoms with Gasteiger partial charge in [-0.3, -0.25) is 14.4 Å². The first-order chi connectivity index (χ1) is 13.7. The van der Waals surface area contributed by atoms with E-state index in [9.17, 15) is 14.4 Å². The normalized spacial score (nSPS) is 16.1. The van der Waals surface area contributed by atoms with E-state index < -0.39 is 24.4 Å². The molecule has 7 heteroatoms. The predicted molar refractivity (Wildman–Crippen MR) is 112 cm³/mol. The highest BCUT2D eigenvalue weighted by Gasteiger charge is 2.36. The molecule has 0 aliphatic carbocycles. The van der Waals surface area contributed by atoms with Gasteiger partial charge in [-0.15, -0.1) is 0 Å². The topological polar surface area (TPSA) is 75.7 Å². The van der Waals surface area contributed by atoms with Gasteiger partial charge in [0.1, 0.15) is 0 Å². The predicted octanol–water partition coefficient (Wildman–Crippen LogP) is 3.80. The molecule has 1 saturated heterocycles. The molecular weight excluding hydrogens is 392 g/mol. The molecule has 2 aromatic carbocycles. The third-order valence-electron chi connectivity index (χ3n) is 4.88. The molecule has 0 bridgehead atoms. The zero-order valence-corrected chi connectivity index (χ0v) is 17.4. The maximum Gasteiger partial charge on any atom is 0.311 e. The monoisotopic (exact) mass is 414 g/mol. The van der Waals surface area contributed by atoms with Crippen LogP contribution < -0.4 is 10.2 Å². The van der Waals surface area contributed by atoms with E-state index in [1.165, 1.54) is 4.90 Å². The number of benzene rings is 2. The van der Waals surface area contributed by atoms with Crippen LogP contribution >= 0.6 is 11.6 Å². The molecule has 0 aromatic heterocycles. The van der Waals surface area contributed by atoms with Gasteiger partial charge in [-0.05, 0) is 56.2 Å². The lowest BCUT2D eigenvalue weighted by atomic mass is 10.1. The van der Waals surface area contributed by atoms with Gasteiger partial charge in [-0.25, -0.2) is 0 Å². The van der Waals surface area contributed by atoms with Gasteiger partial charge >= 0.3 is 5.97 Å². The molecule has 2 aromatic rings. The number of nitrogens with zero attached hydrogens (tertiary/aromatic N) is 1. The quantitative estimate of drug-likeness (QED) is 0.755. The standard InChI is InChI=1S/C22H23ClN2O4/c1-13-8-14(2)21(15(3)9-13)24-19(26)12-29-22(28)16-10-20(27)25(11-16)18-6-4-17(23)5-7-18/h4-9,16H,10-12H2,1-3H3,(H,24,26)/t16-/m0/s1. The second-order valence-electron chi connectivity index (χ2n) is 7.31. The molecule has 1 heterocycles. The number of hydrogen-bond acceptors (Lipinski definition) is 4. The van der Waals surface area contributed by atoms with Gasteiger partial charge < -0.3 is 15.0 Å². The number of nitrogens with one attached hydrogen (secondary N) is 1. The van der Waals surface area contributed by atoms with E-state index in [1.807, 2.05) is 32.9 Å². The maximum absolute atomic E-state index is 12.4. The van der Waals surface area contributed by atoms with Crippen molar-refractivity contribution in [3.8, 4) is 0 Å². The van der Waals surface area contributed by atoms with Crippen LogP contribution in [0.1, 0.15) is 23.1 Å². The Kier molecular flexibility index (Phi) is 6.23. The zero-order chi connectivity index (χ0) is 21.1. The minimum Gasteiger partial charge on any atom is -0.455 e. The second-order valence-corrected chi connectivity index (χ2v) is 7.75. The molecule has 1 aliphatic heterocycles. The summed E-state index contributed by atoms with van der Waals surface area (Å²) in [6.45, 7) is 5.64. The Morgan fingerprint density at radius 2 is 1.76 bits per heavy atom. The Morgan fingerprint density at radius 3 is 2.38 bits per heavy atom. The van der Waals surface area contributed by atoms with Gasteiger partial charge in [-0.1, -0.05) is 29.3 Å². The summed E-state index contributed by atoms with van der Waals surface area (Å²) in [7, 11) is 0. The fourth-order valence-electron chi connectivity index (χ4n) is 3.54. The van der Waals surface area contributed by atoms with Crippen LogP contribution in [0.5, 0.6) is 0 Å². The van der Waals surface area contributed by atoms with E-state index in [-0.39, 0.29) is 18.9 Å². The second kappa shape index (κ2) is 8.66. The number of ether oxygens (including phenoxy) is 1. The minimum atomic E-state index is -0.603. The van der Waals surface area contributed by atoms with Crippen molar-refractivity contribution in [1.29, 1.82) is 0 Å². The third-order valence-corrected chi connectivity index (χ3v) is 5.14. The van der Waals surface area contributed by atoms with Crippen molar-refractivity contribution in [1.82, 2.24) is 0 Å². The summed E-state index contributed by atoms with van der Waals surface area (Å²) < 4.78 is 5.16. The Morgan fingerprint density at radius 1 is 1.14 bits per heavy atom. The van der Waals surface area contributed by atoms with E-state index in [2.05, 4.69) is 5.32 Å². The van der Waals surface area contributed by atoms with Gasteiger partial charge in [0.25, 0.3) is 5.91 Å². The van der Waals surface area contributed by atoms with E-state index in [4.69, 9.17) is 16.3 Å². The molecule has 1 atom stereocenters. The number of carbonyl (C=O) groups excluding carboxylic acids is 3. The molecule has 6 nitrogen and oxygen atoms in total. The Hall–Kier alpha value is -2.86. The number of amides is 2. The first-order valence-electron chi connectivity index (χ1n) is 9.35. The average molecular weight is 415 g/mol. The summed E-state index contributed by atoms with van der Waals surface area (Å²) in [5.41, 5.74) is 4.41. The van der Waals surface area contributed by atoms with E-state index in [1.54, 1.807) is 24.3 Å². The van der Waals surface area contributed by atoms with Gasteiger partial charge in [0.2, 0.25) is 5.91 Å². The number of halogens is 1. The molecule has 1 fully saturated rings. The highest BCUT2D eigenvalue weighted by Crippen LogP contribution is 2.27. The molecule has 1 N–H and O–H groups in total. The lowest BCUT2D eigenvalue weighted by Gasteiger charge is -2.16. The Bertz CT molecular complexity index is 933. The van der Waals surface area contributed by atoms with Crippen LogP contribution in [0.15, 0.2) is 36.4 Å². The molecule has 0 spiro atoms. The molecule has 0 radical (unpaired) electrons. The molecule has 2 amide bonds. The minimum absolute atomic E-state index is 0.0548. The molecule has 0 saturated carbocycles. The van der Waals surface area contributed by atoms with Crippen LogP contribution in [0.2, 0.25) is 5.02 Å². The van der Waals surface area contributed by atoms with Crippen LogP contribution in [0, 0.1) is 26.7 Å². The largest absolute Gasteiger partial charge is 0.455 e. The number of anilines is 2.